The lowest BCUT2D eigenvalue weighted by Gasteiger charge is -2.02. The third kappa shape index (κ3) is 1.94. The van der Waals surface area contributed by atoms with Gasteiger partial charge in [0.05, 0.1) is 0 Å². The number of benzene rings is 1. The summed E-state index contributed by atoms with van der Waals surface area (Å²) in [5, 5.41) is 10.7. The van der Waals surface area contributed by atoms with Crippen LogP contribution in [0.25, 0.3) is 23.1 Å². The second-order valence-electron chi connectivity index (χ2n) is 3.89. The highest BCUT2D eigenvalue weighted by Crippen LogP contribution is 2.27. The van der Waals surface area contributed by atoms with Gasteiger partial charge >= 0.3 is 7.62 Å². The van der Waals surface area contributed by atoms with E-state index < -0.39 is 0 Å². The maximum Gasteiger partial charge on any atom is 0.398 e. The first kappa shape index (κ1) is 11.7. The summed E-state index contributed by atoms with van der Waals surface area (Å²) in [5.74, 6) is 0. The van der Waals surface area contributed by atoms with Gasteiger partial charge in [0.25, 0.3) is 0 Å². The molecule has 0 amide bonds. The van der Waals surface area contributed by atoms with Crippen LogP contribution < -0.4 is 0 Å². The van der Waals surface area contributed by atoms with Crippen molar-refractivity contribution < 1.29 is 5.02 Å². The van der Waals surface area contributed by atoms with Crippen molar-refractivity contribution in [1.29, 1.82) is 0 Å². The predicted octanol–water partition coefficient (Wildman–Crippen LogP) is 2.81. The summed E-state index contributed by atoms with van der Waals surface area (Å²) in [6, 6.07) is 8.14. The summed E-state index contributed by atoms with van der Waals surface area (Å²) in [4.78, 5) is 0. The quantitative estimate of drug-likeness (QED) is 0.798. The molecule has 0 radical (unpaired) electrons. The van der Waals surface area contributed by atoms with Gasteiger partial charge in [-0.15, -0.1) is 0 Å². The molecular weight excluding hydrogens is 209 g/mol. The van der Waals surface area contributed by atoms with E-state index in [1.54, 1.807) is 0 Å². The van der Waals surface area contributed by atoms with Crippen LogP contribution in [-0.2, 0) is 0 Å². The Morgan fingerprint density at radius 1 is 1.12 bits per heavy atom. The Kier molecular flexibility index (Phi) is 3.50. The van der Waals surface area contributed by atoms with E-state index in [2.05, 4.69) is 12.1 Å². The number of allylic oxidation sites excluding steroid dienone is 2. The van der Waals surface area contributed by atoms with Gasteiger partial charge in [-0.25, -0.2) is 0 Å². The number of para-hydroxylation sites is 1. The van der Waals surface area contributed by atoms with E-state index in [9.17, 15) is 5.02 Å². The van der Waals surface area contributed by atoms with E-state index in [0.29, 0.717) is 0 Å². The zero-order chi connectivity index (χ0) is 12.3. The van der Waals surface area contributed by atoms with Crippen LogP contribution in [0.4, 0.5) is 0 Å². The molecule has 0 fully saturated rings. The van der Waals surface area contributed by atoms with Crippen molar-refractivity contribution in [2.24, 2.45) is 0 Å². The molecule has 0 spiro atoms. The first-order valence-electron chi connectivity index (χ1n) is 5.81. The fourth-order valence-corrected chi connectivity index (χ4v) is 2.18. The van der Waals surface area contributed by atoms with Gasteiger partial charge in [0.1, 0.15) is 0 Å². The van der Waals surface area contributed by atoms with Gasteiger partial charge in [-0.1, -0.05) is 36.4 Å². The smallest absolute Gasteiger partial charge is 0.398 e. The van der Waals surface area contributed by atoms with Crippen LogP contribution in [-0.4, -0.2) is 17.1 Å². The van der Waals surface area contributed by atoms with E-state index in [1.165, 1.54) is 5.39 Å². The molecule has 0 aliphatic rings. The van der Waals surface area contributed by atoms with Gasteiger partial charge in [0.2, 0.25) is 0 Å². The summed E-state index contributed by atoms with van der Waals surface area (Å²) >= 11 is 0. The minimum Gasteiger partial charge on any atom is -0.435 e. The normalized spacial score (nSPS) is 11.9. The van der Waals surface area contributed by atoms with Crippen LogP contribution in [0.15, 0.2) is 36.4 Å². The van der Waals surface area contributed by atoms with Crippen LogP contribution in [0.2, 0.25) is 0 Å². The Morgan fingerprint density at radius 3 is 2.47 bits per heavy atom. The third-order valence-electron chi connectivity index (χ3n) is 2.85. The van der Waals surface area contributed by atoms with Crippen molar-refractivity contribution in [3.8, 4) is 0 Å². The minimum atomic E-state index is -0.00224. The summed E-state index contributed by atoms with van der Waals surface area (Å²) in [7, 11) is -0.00224. The Balaban J connectivity index is 2.86. The number of rotatable bonds is 3. The largest absolute Gasteiger partial charge is 0.435 e. The number of fused-ring (bicyclic) bond motifs is 1. The molecule has 1 aromatic carbocycles. The van der Waals surface area contributed by atoms with E-state index in [1.807, 2.05) is 54.8 Å². The summed E-state index contributed by atoms with van der Waals surface area (Å²) in [6.07, 6.45) is 8.14. The second kappa shape index (κ2) is 5.06. The molecule has 0 saturated heterocycles. The number of hydrogen-bond acceptors (Lipinski definition) is 1. The molecule has 2 rings (SSSR count). The van der Waals surface area contributed by atoms with Crippen LogP contribution in [0, 0.1) is 0 Å². The predicted molar refractivity (Wildman–Crippen MR) is 76.1 cm³/mol. The van der Waals surface area contributed by atoms with E-state index in [0.717, 1.165) is 16.8 Å². The van der Waals surface area contributed by atoms with Crippen molar-refractivity contribution in [3.05, 3.63) is 47.7 Å². The summed E-state index contributed by atoms with van der Waals surface area (Å²) in [5.41, 5.74) is 3.28. The Hall–Kier alpha value is -1.74. The van der Waals surface area contributed by atoms with Crippen molar-refractivity contribution >= 4 is 30.7 Å². The van der Waals surface area contributed by atoms with E-state index in [-0.39, 0.29) is 7.62 Å². The molecule has 2 nitrogen and oxygen atoms in total. The number of hydrogen-bond donors (Lipinski definition) is 1. The summed E-state index contributed by atoms with van der Waals surface area (Å²) in [6.45, 7) is 3.99. The average molecular weight is 225 g/mol. The average Bonchev–Trinajstić information content (AvgIpc) is 2.65. The topological polar surface area (TPSA) is 25.2 Å². The zero-order valence-corrected chi connectivity index (χ0v) is 10.2. The molecule has 0 unspecified atom stereocenters. The fraction of sp³-hybridized carbons (Fsp3) is 0.143. The molecule has 0 saturated carbocycles. The molecule has 86 valence electrons. The highest BCUT2D eigenvalue weighted by atomic mass is 16.2. The molecule has 0 aliphatic carbocycles. The Labute approximate surface area is 102 Å². The number of nitrogens with zero attached hydrogens (tertiary/aromatic N) is 1. The van der Waals surface area contributed by atoms with Gasteiger partial charge in [0.15, 0.2) is 0 Å². The van der Waals surface area contributed by atoms with Gasteiger partial charge in [0, 0.05) is 22.2 Å². The molecule has 0 atom stereocenters. The highest BCUT2D eigenvalue weighted by molar-refractivity contribution is 6.27. The minimum absolute atomic E-state index is 0.00224. The second-order valence-corrected chi connectivity index (χ2v) is 3.89. The lowest BCUT2D eigenvalue weighted by molar-refractivity contribution is 0.591. The molecule has 3 heteroatoms. The maximum atomic E-state index is 9.53. The third-order valence-corrected chi connectivity index (χ3v) is 2.85. The van der Waals surface area contributed by atoms with Crippen molar-refractivity contribution in [3.63, 3.8) is 0 Å². The van der Waals surface area contributed by atoms with Crippen molar-refractivity contribution in [2.45, 2.75) is 13.8 Å². The van der Waals surface area contributed by atoms with E-state index >= 15 is 0 Å². The molecule has 0 aliphatic heterocycles. The van der Waals surface area contributed by atoms with Gasteiger partial charge in [-0.3, -0.25) is 0 Å². The molecular formula is C14H16BNO. The molecule has 17 heavy (non-hydrogen) atoms. The zero-order valence-electron chi connectivity index (χ0n) is 10.2. The lowest BCUT2D eigenvalue weighted by atomic mass is 10.1. The van der Waals surface area contributed by atoms with Gasteiger partial charge in [-0.2, -0.15) is 0 Å². The molecule has 0 bridgehead atoms. The number of aromatic nitrogens is 1. The highest BCUT2D eigenvalue weighted by Gasteiger charge is 2.12. The molecule has 1 N–H and O–H groups in total. The standard InChI is InChI=1S/C14H16BNO/c1-3-7-11-12-9-5-6-10-14(12)16(15-17)13(11)8-4-2/h3-10,15,17H,1-2H3/b7-3-,8-4-. The first-order chi connectivity index (χ1) is 8.33. The molecule has 1 heterocycles. The van der Waals surface area contributed by atoms with Crippen LogP contribution in [0.3, 0.4) is 0 Å². The monoisotopic (exact) mass is 225 g/mol. The van der Waals surface area contributed by atoms with Crippen molar-refractivity contribution in [1.82, 2.24) is 4.48 Å². The lowest BCUT2D eigenvalue weighted by Crippen LogP contribution is -2.06. The van der Waals surface area contributed by atoms with Gasteiger partial charge < -0.3 is 9.50 Å². The SMILES string of the molecule is C/C=C\c1c(/C=C\C)n(BO)c2ccccc12. The van der Waals surface area contributed by atoms with E-state index in [4.69, 9.17) is 0 Å². The van der Waals surface area contributed by atoms with Crippen LogP contribution in [0.5, 0.6) is 0 Å². The fourth-order valence-electron chi connectivity index (χ4n) is 2.18. The Morgan fingerprint density at radius 2 is 1.82 bits per heavy atom. The van der Waals surface area contributed by atoms with Crippen molar-refractivity contribution in [2.75, 3.05) is 0 Å². The summed E-state index contributed by atoms with van der Waals surface area (Å²) < 4.78 is 1.92. The first-order valence-corrected chi connectivity index (χ1v) is 5.81. The van der Waals surface area contributed by atoms with Gasteiger partial charge in [-0.05, 0) is 26.0 Å². The maximum absolute atomic E-state index is 9.53. The Bertz CT molecular complexity index is 581. The van der Waals surface area contributed by atoms with Crippen LogP contribution in [0.1, 0.15) is 25.1 Å². The molecule has 1 aromatic heterocycles. The molecule has 2 aromatic rings. The van der Waals surface area contributed by atoms with Crippen LogP contribution >= 0.6 is 0 Å².